The van der Waals surface area contributed by atoms with E-state index in [-0.39, 0.29) is 11.7 Å². The summed E-state index contributed by atoms with van der Waals surface area (Å²) in [4.78, 5) is 14.0. The van der Waals surface area contributed by atoms with Crippen LogP contribution in [0.15, 0.2) is 0 Å². The molecule has 19 heavy (non-hydrogen) atoms. The van der Waals surface area contributed by atoms with Gasteiger partial charge in [0.05, 0.1) is 0 Å². The fourth-order valence-corrected chi connectivity index (χ4v) is 4.77. The second-order valence-electron chi connectivity index (χ2n) is 7.63. The van der Waals surface area contributed by atoms with E-state index in [1.165, 1.54) is 54.8 Å². The molecule has 0 spiro atoms. The van der Waals surface area contributed by atoms with Crippen molar-refractivity contribution in [3.63, 3.8) is 0 Å². The van der Waals surface area contributed by atoms with Crippen molar-refractivity contribution in [2.45, 2.75) is 69.2 Å². The lowest BCUT2D eigenvalue weighted by molar-refractivity contribution is 0.0283. The van der Waals surface area contributed by atoms with Crippen molar-refractivity contribution >= 4 is 22.4 Å². The molecule has 0 N–H and O–H groups in total. The van der Waals surface area contributed by atoms with E-state index in [2.05, 4.69) is 0 Å². The van der Waals surface area contributed by atoms with Gasteiger partial charge in [-0.1, -0.05) is 36.4 Å². The van der Waals surface area contributed by atoms with Crippen LogP contribution in [0.5, 0.6) is 0 Å². The van der Waals surface area contributed by atoms with Gasteiger partial charge in [0, 0.05) is 13.1 Å². The molecule has 1 saturated heterocycles. The van der Waals surface area contributed by atoms with Crippen molar-refractivity contribution in [1.82, 2.24) is 4.90 Å². The van der Waals surface area contributed by atoms with Gasteiger partial charge in [-0.3, -0.25) is 0 Å². The first-order valence-electron chi connectivity index (χ1n) is 7.78. The smallest absolute Gasteiger partial charge is 0.410 e. The largest absolute Gasteiger partial charge is 0.444 e. The molecule has 0 unspecified atom stereocenters. The lowest BCUT2D eigenvalue weighted by Crippen LogP contribution is -2.36. The van der Waals surface area contributed by atoms with Gasteiger partial charge in [0.1, 0.15) is 5.60 Å². The maximum Gasteiger partial charge on any atom is 0.410 e. The van der Waals surface area contributed by atoms with E-state index >= 15 is 0 Å². The Morgan fingerprint density at radius 1 is 1.26 bits per heavy atom. The molecule has 1 saturated carbocycles. The minimum absolute atomic E-state index is 0.115. The van der Waals surface area contributed by atoms with Gasteiger partial charge in [-0.05, 0) is 33.1 Å². The van der Waals surface area contributed by atoms with Crippen LogP contribution in [-0.4, -0.2) is 46.0 Å². The van der Waals surface area contributed by atoms with Crippen LogP contribution in [-0.2, 0) is 4.74 Å². The molecule has 4 heteroatoms. The third-order valence-electron chi connectivity index (χ3n) is 4.82. The fourth-order valence-electron chi connectivity index (χ4n) is 3.59. The third-order valence-corrected chi connectivity index (χ3v) is 6.64. The standard InChI is InChI=1S/C15H26NO2.Al.2H/c1-15(2,3)18-14(17)16-10-9-13(11-16)12-7-5-4-6-8-12;;;/h13H,4-11H2,1-3H3;;;/t13-;;;/m0.../s1. The van der Waals surface area contributed by atoms with Crippen LogP contribution in [0, 0.1) is 5.92 Å². The first kappa shape index (κ1) is 15.2. The zero-order valence-corrected chi connectivity index (χ0v) is 15.0. The van der Waals surface area contributed by atoms with E-state index in [1.54, 1.807) is 0 Å². The molecule has 108 valence electrons. The van der Waals surface area contributed by atoms with Gasteiger partial charge in [-0.15, -0.1) is 0 Å². The number of hydrogen-bond donors (Lipinski definition) is 0. The molecular formula is C15H28AlNO2. The van der Waals surface area contributed by atoms with Crippen molar-refractivity contribution < 1.29 is 9.53 Å². The lowest BCUT2D eigenvalue weighted by atomic mass is 9.78. The van der Waals surface area contributed by atoms with Gasteiger partial charge in [0.15, 0.2) is 0 Å². The molecule has 0 aromatic carbocycles. The Morgan fingerprint density at radius 2 is 1.89 bits per heavy atom. The molecule has 1 atom stereocenters. The number of rotatable bonds is 1. The maximum atomic E-state index is 12.1. The summed E-state index contributed by atoms with van der Waals surface area (Å²) in [5, 5.41) is 0. The SMILES string of the molecule is CC(C)(C)OC(=O)N1CC[C@H]([C]2([AlH2])CCCCC2)C1. The van der Waals surface area contributed by atoms with E-state index in [0.29, 0.717) is 4.28 Å². The number of carbonyl (C=O) groups excluding carboxylic acids is 1. The minimum atomic E-state index is -0.376. The summed E-state index contributed by atoms with van der Waals surface area (Å²) < 4.78 is 6.08. The van der Waals surface area contributed by atoms with Gasteiger partial charge < -0.3 is 9.64 Å². The Bertz CT molecular complexity index is 332. The van der Waals surface area contributed by atoms with Gasteiger partial charge in [-0.2, -0.15) is 0 Å². The fraction of sp³-hybridized carbons (Fsp3) is 0.933. The van der Waals surface area contributed by atoms with Crippen LogP contribution >= 0.6 is 0 Å². The Kier molecular flexibility index (Phi) is 4.53. The topological polar surface area (TPSA) is 29.5 Å². The predicted octanol–water partition coefficient (Wildman–Crippen LogP) is 3.00. The Morgan fingerprint density at radius 3 is 2.47 bits per heavy atom. The maximum absolute atomic E-state index is 12.1. The lowest BCUT2D eigenvalue weighted by Gasteiger charge is -2.39. The first-order valence-corrected chi connectivity index (χ1v) is 8.78. The Labute approximate surface area is 125 Å². The summed E-state index contributed by atoms with van der Waals surface area (Å²) in [6.45, 7) is 7.64. The molecule has 1 heterocycles. The van der Waals surface area contributed by atoms with Crippen molar-refractivity contribution in [2.24, 2.45) is 5.92 Å². The average Bonchev–Trinajstić information content (AvgIpc) is 2.77. The van der Waals surface area contributed by atoms with Crippen LogP contribution in [0.3, 0.4) is 0 Å². The number of amides is 1. The summed E-state index contributed by atoms with van der Waals surface area (Å²) in [5.74, 6) is 0.729. The highest BCUT2D eigenvalue weighted by atomic mass is 27.0. The summed E-state index contributed by atoms with van der Waals surface area (Å²) in [6.07, 6.45) is 8.06. The van der Waals surface area contributed by atoms with E-state index in [0.717, 1.165) is 19.0 Å². The summed E-state index contributed by atoms with van der Waals surface area (Å²) in [6, 6.07) is 0. The molecule has 1 aliphatic carbocycles. The summed E-state index contributed by atoms with van der Waals surface area (Å²) in [5.41, 5.74) is -0.376. The predicted molar refractivity (Wildman–Crippen MR) is 80.2 cm³/mol. The zero-order valence-electron chi connectivity index (χ0n) is 13.0. The summed E-state index contributed by atoms with van der Waals surface area (Å²) in [7, 11) is 0. The Balaban J connectivity index is 1.90. The molecule has 0 aromatic rings. The highest BCUT2D eigenvalue weighted by Crippen LogP contribution is 2.49. The normalized spacial score (nSPS) is 27.3. The number of ether oxygens (including phenoxy) is 1. The number of nitrogens with zero attached hydrogens (tertiary/aromatic N) is 1. The monoisotopic (exact) mass is 281 g/mol. The van der Waals surface area contributed by atoms with Gasteiger partial charge in [0.2, 0.25) is 16.3 Å². The number of hydrogen-bond acceptors (Lipinski definition) is 2. The van der Waals surface area contributed by atoms with Crippen molar-refractivity contribution in [3.05, 3.63) is 0 Å². The van der Waals surface area contributed by atoms with E-state index in [4.69, 9.17) is 4.74 Å². The van der Waals surface area contributed by atoms with Crippen molar-refractivity contribution in [2.75, 3.05) is 13.1 Å². The third kappa shape index (κ3) is 3.89. The zero-order chi connectivity index (χ0) is 14.1. The second-order valence-corrected chi connectivity index (χ2v) is 9.62. The van der Waals surface area contributed by atoms with Crippen molar-refractivity contribution in [1.29, 1.82) is 0 Å². The van der Waals surface area contributed by atoms with Gasteiger partial charge >= 0.3 is 6.09 Å². The molecular weight excluding hydrogens is 253 g/mol. The average molecular weight is 281 g/mol. The highest BCUT2D eigenvalue weighted by Gasteiger charge is 2.40. The molecule has 2 rings (SSSR count). The molecule has 2 fully saturated rings. The Hall–Kier alpha value is -0.198. The molecule has 0 radical (unpaired) electrons. The van der Waals surface area contributed by atoms with Crippen LogP contribution in [0.1, 0.15) is 59.3 Å². The van der Waals surface area contributed by atoms with E-state index < -0.39 is 0 Å². The van der Waals surface area contributed by atoms with Crippen LogP contribution in [0.4, 0.5) is 4.79 Å². The molecule has 0 bridgehead atoms. The van der Waals surface area contributed by atoms with Gasteiger partial charge in [0.25, 0.3) is 0 Å². The van der Waals surface area contributed by atoms with Crippen LogP contribution < -0.4 is 0 Å². The molecule has 1 amide bonds. The number of likely N-dealkylation sites (tertiary alicyclic amines) is 1. The quantitative estimate of drug-likeness (QED) is 0.692. The molecule has 3 nitrogen and oxygen atoms in total. The first-order chi connectivity index (χ1) is 8.80. The minimum Gasteiger partial charge on any atom is -0.444 e. The molecule has 0 aromatic heterocycles. The van der Waals surface area contributed by atoms with Crippen LogP contribution in [0.25, 0.3) is 0 Å². The van der Waals surface area contributed by atoms with E-state index in [1.807, 2.05) is 25.7 Å². The second kappa shape index (κ2) is 5.66. The van der Waals surface area contributed by atoms with Crippen LogP contribution in [0.2, 0.25) is 4.28 Å². The highest BCUT2D eigenvalue weighted by molar-refractivity contribution is 6.15. The molecule has 1 aliphatic heterocycles. The van der Waals surface area contributed by atoms with Crippen molar-refractivity contribution in [3.8, 4) is 0 Å². The number of carbonyl (C=O) groups is 1. The van der Waals surface area contributed by atoms with E-state index in [9.17, 15) is 4.79 Å². The van der Waals surface area contributed by atoms with Gasteiger partial charge in [-0.25, -0.2) is 4.79 Å². The summed E-state index contributed by atoms with van der Waals surface area (Å²) >= 11 is 1.27. The molecule has 2 aliphatic rings.